The molecule has 3 aromatic rings. The van der Waals surface area contributed by atoms with E-state index in [1.165, 1.54) is 14.2 Å². The molecule has 0 fully saturated rings. The van der Waals surface area contributed by atoms with Crippen molar-refractivity contribution in [3.8, 4) is 0 Å². The molecule has 6 N–H and O–H groups in total. The number of nitrogens with two attached hydrogens (primary N) is 1. The second kappa shape index (κ2) is 15.3. The number of aliphatic carboxylic acids is 1. The highest BCUT2D eigenvalue weighted by molar-refractivity contribution is 6.02. The molecule has 6 rings (SSSR count). The number of carboxylic acids is 1. The molecular weight excluding hydrogens is 700 g/mol. The molecule has 13 nitrogen and oxygen atoms in total. The van der Waals surface area contributed by atoms with Crippen LogP contribution in [0.1, 0.15) is 78.1 Å². The van der Waals surface area contributed by atoms with Crippen molar-refractivity contribution in [3.05, 3.63) is 93.6 Å². The lowest BCUT2D eigenvalue weighted by Crippen LogP contribution is -2.42. The average molecular weight is 747 g/mol. The van der Waals surface area contributed by atoms with Gasteiger partial charge in [-0.25, -0.2) is 9.78 Å². The summed E-state index contributed by atoms with van der Waals surface area (Å²) in [6.07, 6.45) is 5.89. The van der Waals surface area contributed by atoms with Crippen molar-refractivity contribution in [2.75, 3.05) is 27.3 Å². The molecule has 0 radical (unpaired) electrons. The number of methoxy groups -OCH3 is 2. The smallest absolute Gasteiger partial charge is 0.334 e. The molecule has 8 bridgehead atoms. The summed E-state index contributed by atoms with van der Waals surface area (Å²) in [5, 5.41) is 12.5. The number of nitrogens with zero attached hydrogens (tertiary/aromatic N) is 2. The number of H-pyrrole nitrogens is 2. The molecule has 5 heterocycles. The van der Waals surface area contributed by atoms with Gasteiger partial charge in [-0.1, -0.05) is 24.8 Å². The second-order valence-electron chi connectivity index (χ2n) is 14.1. The van der Waals surface area contributed by atoms with Crippen molar-refractivity contribution in [1.29, 1.82) is 0 Å². The van der Waals surface area contributed by atoms with E-state index in [9.17, 15) is 24.3 Å². The first-order valence-corrected chi connectivity index (χ1v) is 18.1. The predicted octanol–water partition coefficient (Wildman–Crippen LogP) is 5.62. The number of hydrogen-bond acceptors (Lipinski definition) is 9. The van der Waals surface area contributed by atoms with Gasteiger partial charge in [0.25, 0.3) is 0 Å². The molecule has 0 aromatic carbocycles. The van der Waals surface area contributed by atoms with E-state index < -0.39 is 29.2 Å². The highest BCUT2D eigenvalue weighted by atomic mass is 16.5. The lowest BCUT2D eigenvalue weighted by molar-refractivity contribution is -0.149. The molecule has 0 saturated carbocycles. The molecule has 2 unspecified atom stereocenters. The van der Waals surface area contributed by atoms with Crippen molar-refractivity contribution in [1.82, 2.24) is 25.3 Å². The summed E-state index contributed by atoms with van der Waals surface area (Å²) in [7, 11) is 2.54. The van der Waals surface area contributed by atoms with Gasteiger partial charge < -0.3 is 35.6 Å². The molecule has 0 spiro atoms. The molecule has 1 amide bonds. The number of rotatable bonds is 11. The minimum absolute atomic E-state index is 0.117. The highest BCUT2D eigenvalue weighted by Crippen LogP contribution is 2.52. The van der Waals surface area contributed by atoms with E-state index in [2.05, 4.69) is 21.9 Å². The van der Waals surface area contributed by atoms with E-state index in [1.807, 2.05) is 52.0 Å². The van der Waals surface area contributed by atoms with Crippen molar-refractivity contribution in [2.45, 2.75) is 58.8 Å². The van der Waals surface area contributed by atoms with E-state index in [-0.39, 0.29) is 30.7 Å². The largest absolute Gasteiger partial charge is 0.481 e. The van der Waals surface area contributed by atoms with Gasteiger partial charge in [0.05, 0.1) is 48.0 Å². The Morgan fingerprint density at radius 3 is 2.27 bits per heavy atom. The zero-order valence-electron chi connectivity index (χ0n) is 31.9. The molecule has 3 aromatic heterocycles. The number of carbonyl (C=O) groups excluding carboxylic acids is 3. The van der Waals surface area contributed by atoms with Crippen LogP contribution in [0.25, 0.3) is 44.9 Å². The summed E-state index contributed by atoms with van der Waals surface area (Å²) in [4.78, 5) is 68.7. The Labute approximate surface area is 318 Å². The Morgan fingerprint density at radius 2 is 1.60 bits per heavy atom. The number of ether oxygens (including phenoxy) is 2. The van der Waals surface area contributed by atoms with Gasteiger partial charge in [0.15, 0.2) is 0 Å². The monoisotopic (exact) mass is 746 g/mol. The molecule has 2 atom stereocenters. The van der Waals surface area contributed by atoms with E-state index >= 15 is 0 Å². The normalized spacial score (nSPS) is 17.5. The third-order valence-electron chi connectivity index (χ3n) is 11.0. The van der Waals surface area contributed by atoms with Gasteiger partial charge in [-0.15, -0.1) is 0 Å². The van der Waals surface area contributed by atoms with Crippen molar-refractivity contribution >= 4 is 68.7 Å². The molecular formula is C42H46N6O7. The number of esters is 2. The van der Waals surface area contributed by atoms with Crippen LogP contribution in [-0.4, -0.2) is 76.2 Å². The van der Waals surface area contributed by atoms with Crippen LogP contribution in [0.15, 0.2) is 48.6 Å². The summed E-state index contributed by atoms with van der Waals surface area (Å²) >= 11 is 0. The van der Waals surface area contributed by atoms with Crippen LogP contribution in [0.3, 0.4) is 0 Å². The standard InChI is InChI=1S/C42H46N6O7/c1-8-24-21(2)30-18-35-28-12-9-27(40(52)54-6)39(41(53)55-7)42(28,5)36(48-35)20-31-23(4)26(11-14-38(50)51)34(47-31)19-33-25(10-13-37(49)44-16-15-43)22(3)29(46-33)17-32(24)45-30/h8-9,12,17-20,39,45,47H,1,10-11,13-16,43H2,2-7H3,(H,44,49)(H,50,51). The minimum Gasteiger partial charge on any atom is -0.481 e. The lowest BCUT2D eigenvalue weighted by atomic mass is 9.64. The molecule has 0 saturated heterocycles. The number of carbonyl (C=O) groups is 4. The van der Waals surface area contributed by atoms with Gasteiger partial charge in [0, 0.05) is 53.6 Å². The third-order valence-corrected chi connectivity index (χ3v) is 11.0. The lowest BCUT2D eigenvalue weighted by Gasteiger charge is -2.36. The van der Waals surface area contributed by atoms with E-state index in [0.717, 1.165) is 44.4 Å². The van der Waals surface area contributed by atoms with Crippen LogP contribution in [0, 0.1) is 19.8 Å². The number of amides is 1. The van der Waals surface area contributed by atoms with E-state index in [4.69, 9.17) is 25.2 Å². The van der Waals surface area contributed by atoms with Gasteiger partial charge >= 0.3 is 17.9 Å². The van der Waals surface area contributed by atoms with Crippen LogP contribution in [0.4, 0.5) is 0 Å². The van der Waals surface area contributed by atoms with Crippen molar-refractivity contribution < 1.29 is 33.8 Å². The molecule has 2 aliphatic heterocycles. The number of aromatic amines is 2. The van der Waals surface area contributed by atoms with Crippen molar-refractivity contribution in [2.24, 2.45) is 11.7 Å². The summed E-state index contributed by atoms with van der Waals surface area (Å²) in [5.74, 6) is -3.46. The number of aryl methyl sites for hydroxylation is 3. The highest BCUT2D eigenvalue weighted by Gasteiger charge is 2.53. The van der Waals surface area contributed by atoms with Gasteiger partial charge in [-0.05, 0) is 98.2 Å². The zero-order valence-corrected chi connectivity index (χ0v) is 31.9. The second-order valence-corrected chi connectivity index (χ2v) is 14.1. The Kier molecular flexibility index (Phi) is 10.8. The Morgan fingerprint density at radius 1 is 0.909 bits per heavy atom. The number of allylic oxidation sites excluding steroid dienone is 5. The van der Waals surface area contributed by atoms with Crippen LogP contribution in [0.5, 0.6) is 0 Å². The maximum absolute atomic E-state index is 13.7. The first-order valence-electron chi connectivity index (χ1n) is 18.1. The predicted molar refractivity (Wildman–Crippen MR) is 211 cm³/mol. The fraction of sp³-hybridized carbons (Fsp3) is 0.333. The van der Waals surface area contributed by atoms with Gasteiger partial charge in [0.2, 0.25) is 5.91 Å². The number of nitrogens with one attached hydrogen (secondary N) is 3. The number of carboxylic acid groups (broad SMARTS) is 1. The fourth-order valence-corrected chi connectivity index (χ4v) is 7.89. The van der Waals surface area contributed by atoms with E-state index in [0.29, 0.717) is 58.9 Å². The SMILES string of the molecule is C=Cc1c(C)c2cc3nc(cc4[nH]c(cc5nc(cc1[nH]2)C(C)=C5CCC(=O)NCCN)c(CCC(=O)O)c4C)C1(C)C3=CC=C(C(=O)OC)C1C(=O)OC. The van der Waals surface area contributed by atoms with Crippen LogP contribution in [-0.2, 0) is 40.5 Å². The Bertz CT molecular complexity index is 2410. The average Bonchev–Trinajstić information content (AvgIpc) is 3.82. The number of hydrogen-bond donors (Lipinski definition) is 5. The maximum Gasteiger partial charge on any atom is 0.334 e. The molecule has 13 heteroatoms. The summed E-state index contributed by atoms with van der Waals surface area (Å²) in [6.45, 7) is 12.5. The van der Waals surface area contributed by atoms with Crippen LogP contribution in [0.2, 0.25) is 0 Å². The van der Waals surface area contributed by atoms with E-state index in [1.54, 1.807) is 18.2 Å². The van der Waals surface area contributed by atoms with Crippen LogP contribution >= 0.6 is 0 Å². The number of aromatic nitrogens is 4. The summed E-state index contributed by atoms with van der Waals surface area (Å²) in [5.41, 5.74) is 15.6. The quantitative estimate of drug-likeness (QED) is 0.153. The molecule has 55 heavy (non-hydrogen) atoms. The minimum atomic E-state index is -1.18. The zero-order chi connectivity index (χ0) is 39.8. The Balaban J connectivity index is 1.73. The maximum atomic E-state index is 13.7. The summed E-state index contributed by atoms with van der Waals surface area (Å²) in [6, 6.07) is 7.62. The van der Waals surface area contributed by atoms with Gasteiger partial charge in [-0.2, -0.15) is 0 Å². The van der Waals surface area contributed by atoms with Gasteiger partial charge in [-0.3, -0.25) is 19.4 Å². The molecule has 286 valence electrons. The number of fused-ring (bicyclic) bond motifs is 11. The molecule has 3 aliphatic rings. The fourth-order valence-electron chi connectivity index (χ4n) is 7.89. The molecule has 1 aliphatic carbocycles. The van der Waals surface area contributed by atoms with Crippen molar-refractivity contribution in [3.63, 3.8) is 0 Å². The van der Waals surface area contributed by atoms with Crippen LogP contribution < -0.4 is 11.1 Å². The first kappa shape index (κ1) is 38.6. The third kappa shape index (κ3) is 6.91. The summed E-state index contributed by atoms with van der Waals surface area (Å²) < 4.78 is 10.4. The first-order chi connectivity index (χ1) is 26.3. The van der Waals surface area contributed by atoms with Gasteiger partial charge in [0.1, 0.15) is 5.92 Å². The topological polar surface area (TPSA) is 202 Å². The Hall–Kier alpha value is -6.08.